The molecule has 1 aliphatic rings. The van der Waals surface area contributed by atoms with Gasteiger partial charge in [0.05, 0.1) is 5.41 Å². The zero-order chi connectivity index (χ0) is 17.0. The number of hydrogen-bond acceptors (Lipinski definition) is 3. The van der Waals surface area contributed by atoms with Crippen LogP contribution in [0.5, 0.6) is 0 Å². The van der Waals surface area contributed by atoms with Gasteiger partial charge in [-0.05, 0) is 19.8 Å². The topological polar surface area (TPSA) is 95.5 Å². The van der Waals surface area contributed by atoms with Gasteiger partial charge < -0.3 is 15.7 Å². The average molecular weight is 312 g/mol. The number of hydrogen-bond donors (Lipinski definition) is 3. The number of carboxylic acids is 1. The lowest BCUT2D eigenvalue weighted by atomic mass is 9.74. The molecule has 0 saturated heterocycles. The number of carboxylic acid groups (broad SMARTS) is 1. The van der Waals surface area contributed by atoms with Crippen LogP contribution in [0.15, 0.2) is 0 Å². The summed E-state index contributed by atoms with van der Waals surface area (Å²) in [6.07, 6.45) is 3.97. The highest BCUT2D eigenvalue weighted by atomic mass is 16.4. The van der Waals surface area contributed by atoms with Crippen LogP contribution in [0, 0.1) is 10.8 Å². The van der Waals surface area contributed by atoms with Gasteiger partial charge in [0.25, 0.3) is 0 Å². The second-order valence-electron chi connectivity index (χ2n) is 7.31. The third-order valence-electron chi connectivity index (χ3n) is 4.29. The van der Waals surface area contributed by atoms with Crippen molar-refractivity contribution in [2.24, 2.45) is 10.8 Å². The van der Waals surface area contributed by atoms with Gasteiger partial charge >= 0.3 is 5.97 Å². The van der Waals surface area contributed by atoms with Crippen molar-refractivity contribution >= 4 is 17.8 Å². The minimum atomic E-state index is -0.859. The molecule has 1 rings (SSSR count). The standard InChI is InChI=1S/C16H28N2O4/c1-11(18-13(20)15(2,3)4)12(19)17-10-16(14(21)22)8-6-5-7-9-16/h11H,5-10H2,1-4H3,(H,17,19)(H,18,20)(H,21,22). The molecule has 1 aliphatic carbocycles. The van der Waals surface area contributed by atoms with Crippen LogP contribution in [-0.2, 0) is 14.4 Å². The lowest BCUT2D eigenvalue weighted by molar-refractivity contribution is -0.151. The maximum atomic E-state index is 12.1. The number of amides is 2. The summed E-state index contributed by atoms with van der Waals surface area (Å²) in [5.41, 5.74) is -1.43. The fraction of sp³-hybridized carbons (Fsp3) is 0.812. The van der Waals surface area contributed by atoms with Crippen molar-refractivity contribution in [1.82, 2.24) is 10.6 Å². The van der Waals surface area contributed by atoms with Crippen LogP contribution in [0.25, 0.3) is 0 Å². The summed E-state index contributed by atoms with van der Waals surface area (Å²) >= 11 is 0. The molecule has 1 atom stereocenters. The first kappa shape index (κ1) is 18.5. The van der Waals surface area contributed by atoms with E-state index in [0.717, 1.165) is 19.3 Å². The van der Waals surface area contributed by atoms with Crippen molar-refractivity contribution in [2.75, 3.05) is 6.54 Å². The molecule has 22 heavy (non-hydrogen) atoms. The van der Waals surface area contributed by atoms with Crippen molar-refractivity contribution in [2.45, 2.75) is 65.8 Å². The van der Waals surface area contributed by atoms with Gasteiger partial charge in [-0.15, -0.1) is 0 Å². The van der Waals surface area contributed by atoms with Crippen LogP contribution in [0.3, 0.4) is 0 Å². The highest BCUT2D eigenvalue weighted by molar-refractivity contribution is 5.89. The molecule has 2 amide bonds. The largest absolute Gasteiger partial charge is 0.481 e. The van der Waals surface area contributed by atoms with Crippen LogP contribution in [0.4, 0.5) is 0 Å². The van der Waals surface area contributed by atoms with Crippen LogP contribution in [0.1, 0.15) is 59.8 Å². The van der Waals surface area contributed by atoms with Gasteiger partial charge in [-0.25, -0.2) is 0 Å². The minimum Gasteiger partial charge on any atom is -0.481 e. The fourth-order valence-electron chi connectivity index (χ4n) is 2.58. The number of carbonyl (C=O) groups excluding carboxylic acids is 2. The predicted molar refractivity (Wildman–Crippen MR) is 83.2 cm³/mol. The summed E-state index contributed by atoms with van der Waals surface area (Å²) in [6.45, 7) is 7.04. The molecule has 0 aromatic carbocycles. The summed E-state index contributed by atoms with van der Waals surface area (Å²) in [4.78, 5) is 35.5. The van der Waals surface area contributed by atoms with Crippen LogP contribution < -0.4 is 10.6 Å². The number of nitrogens with one attached hydrogen (secondary N) is 2. The SMILES string of the molecule is CC(NC(=O)C(C)(C)C)C(=O)NCC1(C(=O)O)CCCCC1. The Morgan fingerprint density at radius 1 is 1.14 bits per heavy atom. The molecular weight excluding hydrogens is 284 g/mol. The van der Waals surface area contributed by atoms with E-state index in [4.69, 9.17) is 0 Å². The van der Waals surface area contributed by atoms with Gasteiger partial charge in [0.2, 0.25) is 11.8 Å². The summed E-state index contributed by atoms with van der Waals surface area (Å²) in [5.74, 6) is -1.40. The molecule has 1 fully saturated rings. The summed E-state index contributed by atoms with van der Waals surface area (Å²) in [7, 11) is 0. The van der Waals surface area contributed by atoms with E-state index in [9.17, 15) is 19.5 Å². The first-order chi connectivity index (χ1) is 10.1. The number of aliphatic carboxylic acids is 1. The average Bonchev–Trinajstić information content (AvgIpc) is 2.44. The third kappa shape index (κ3) is 4.71. The van der Waals surface area contributed by atoms with E-state index in [1.54, 1.807) is 27.7 Å². The quantitative estimate of drug-likeness (QED) is 0.720. The van der Waals surface area contributed by atoms with E-state index in [-0.39, 0.29) is 18.4 Å². The Morgan fingerprint density at radius 2 is 1.68 bits per heavy atom. The van der Waals surface area contributed by atoms with Gasteiger partial charge in [0.1, 0.15) is 6.04 Å². The van der Waals surface area contributed by atoms with Gasteiger partial charge in [-0.2, -0.15) is 0 Å². The molecule has 0 aromatic heterocycles. The normalized spacial score (nSPS) is 19.1. The number of rotatable bonds is 5. The Labute approximate surface area is 132 Å². The zero-order valence-corrected chi connectivity index (χ0v) is 14.0. The summed E-state index contributed by atoms with van der Waals surface area (Å²) in [5, 5.41) is 14.8. The first-order valence-corrected chi connectivity index (χ1v) is 7.90. The Bertz CT molecular complexity index is 434. The molecule has 1 saturated carbocycles. The Kier molecular flexibility index (Phi) is 5.97. The lowest BCUT2D eigenvalue weighted by Gasteiger charge is -2.33. The van der Waals surface area contributed by atoms with E-state index in [1.165, 1.54) is 0 Å². The first-order valence-electron chi connectivity index (χ1n) is 7.90. The molecular formula is C16H28N2O4. The smallest absolute Gasteiger partial charge is 0.311 e. The van der Waals surface area contributed by atoms with Crippen LogP contribution in [0.2, 0.25) is 0 Å². The van der Waals surface area contributed by atoms with Gasteiger partial charge in [-0.3, -0.25) is 14.4 Å². The highest BCUT2D eigenvalue weighted by Crippen LogP contribution is 2.36. The maximum absolute atomic E-state index is 12.1. The molecule has 6 nitrogen and oxygen atoms in total. The Morgan fingerprint density at radius 3 is 2.14 bits per heavy atom. The minimum absolute atomic E-state index is 0.122. The van der Waals surface area contributed by atoms with Crippen molar-refractivity contribution in [3.05, 3.63) is 0 Å². The zero-order valence-electron chi connectivity index (χ0n) is 14.0. The predicted octanol–water partition coefficient (Wildman–Crippen LogP) is 1.69. The monoisotopic (exact) mass is 312 g/mol. The fourth-order valence-corrected chi connectivity index (χ4v) is 2.58. The van der Waals surface area contributed by atoms with Crippen molar-refractivity contribution in [3.8, 4) is 0 Å². The molecule has 0 aromatic rings. The van der Waals surface area contributed by atoms with Gasteiger partial charge in [-0.1, -0.05) is 40.0 Å². The van der Waals surface area contributed by atoms with Crippen molar-refractivity contribution in [1.29, 1.82) is 0 Å². The van der Waals surface area contributed by atoms with Crippen LogP contribution in [-0.4, -0.2) is 35.5 Å². The molecule has 0 heterocycles. The highest BCUT2D eigenvalue weighted by Gasteiger charge is 2.40. The maximum Gasteiger partial charge on any atom is 0.311 e. The van der Waals surface area contributed by atoms with E-state index < -0.39 is 22.8 Å². The second-order valence-corrected chi connectivity index (χ2v) is 7.31. The van der Waals surface area contributed by atoms with E-state index in [1.807, 2.05) is 0 Å². The Hall–Kier alpha value is -1.59. The molecule has 0 radical (unpaired) electrons. The molecule has 126 valence electrons. The second kappa shape index (κ2) is 7.11. The summed E-state index contributed by atoms with van der Waals surface area (Å²) in [6, 6.07) is -0.679. The van der Waals surface area contributed by atoms with E-state index >= 15 is 0 Å². The molecule has 6 heteroatoms. The molecule has 0 spiro atoms. The lowest BCUT2D eigenvalue weighted by Crippen LogP contribution is -2.51. The van der Waals surface area contributed by atoms with Crippen molar-refractivity contribution < 1.29 is 19.5 Å². The molecule has 0 bridgehead atoms. The van der Waals surface area contributed by atoms with E-state index in [0.29, 0.717) is 12.8 Å². The molecule has 0 aliphatic heterocycles. The number of carbonyl (C=O) groups is 3. The third-order valence-corrected chi connectivity index (χ3v) is 4.29. The van der Waals surface area contributed by atoms with Gasteiger partial charge in [0.15, 0.2) is 0 Å². The summed E-state index contributed by atoms with van der Waals surface area (Å²) < 4.78 is 0. The van der Waals surface area contributed by atoms with Crippen LogP contribution >= 0.6 is 0 Å². The van der Waals surface area contributed by atoms with Crippen molar-refractivity contribution in [3.63, 3.8) is 0 Å². The molecule has 3 N–H and O–H groups in total. The van der Waals surface area contributed by atoms with Gasteiger partial charge in [0, 0.05) is 12.0 Å². The molecule has 1 unspecified atom stereocenters. The Balaban J connectivity index is 2.57. The van der Waals surface area contributed by atoms with E-state index in [2.05, 4.69) is 10.6 Å².